The lowest BCUT2D eigenvalue weighted by molar-refractivity contribution is -0.185. The van der Waals surface area contributed by atoms with Gasteiger partial charge in [0, 0.05) is 23.6 Å². The van der Waals surface area contributed by atoms with Crippen molar-refractivity contribution in [3.05, 3.63) is 53.0 Å². The van der Waals surface area contributed by atoms with Crippen LogP contribution in [0.15, 0.2) is 30.3 Å². The molecule has 1 N–H and O–H groups in total. The molecule has 2 aromatic rings. The van der Waals surface area contributed by atoms with Crippen LogP contribution in [0.25, 0.3) is 0 Å². The van der Waals surface area contributed by atoms with Crippen molar-refractivity contribution in [3.8, 4) is 5.88 Å². The molecule has 11 heteroatoms. The fraction of sp³-hybridized carbons (Fsp3) is 0.520. The average molecular weight is 531 g/mol. The number of nitrogens with zero attached hydrogens (tertiary/aromatic N) is 1. The molecule has 1 aliphatic rings. The molecule has 1 atom stereocenters. The molecule has 6 nitrogen and oxygen atoms in total. The van der Waals surface area contributed by atoms with Crippen molar-refractivity contribution in [1.82, 2.24) is 4.98 Å². The first-order valence-corrected chi connectivity index (χ1v) is 13.6. The second-order valence-corrected chi connectivity index (χ2v) is 11.1. The zero-order valence-corrected chi connectivity index (χ0v) is 21.2. The summed E-state index contributed by atoms with van der Waals surface area (Å²) in [5.41, 5.74) is 1.59. The molecule has 1 fully saturated rings. The van der Waals surface area contributed by atoms with Crippen LogP contribution in [0.3, 0.4) is 0 Å². The van der Waals surface area contributed by atoms with E-state index >= 15 is 0 Å². The van der Waals surface area contributed by atoms with Crippen molar-refractivity contribution in [2.45, 2.75) is 70.6 Å². The third-order valence-corrected chi connectivity index (χ3v) is 7.00. The Labute approximate surface area is 208 Å². The molecular formula is C25H30F4N2O4S. The topological polar surface area (TPSA) is 85.4 Å². The van der Waals surface area contributed by atoms with E-state index in [9.17, 15) is 30.8 Å². The number of aromatic nitrogens is 1. The minimum atomic E-state index is -4.19. The highest BCUT2D eigenvalue weighted by atomic mass is 32.2. The van der Waals surface area contributed by atoms with Gasteiger partial charge in [0.15, 0.2) is 0 Å². The zero-order chi connectivity index (χ0) is 26.7. The number of hydrogen-bond donors (Lipinski definition) is 1. The highest BCUT2D eigenvalue weighted by Crippen LogP contribution is 2.38. The quantitative estimate of drug-likeness (QED) is 0.420. The Kier molecular flexibility index (Phi) is 8.63. The number of Topliss-reactive ketones (excluding diaryl/α,β-unsaturated/α-hetero) is 1. The standard InChI is InChI=1S/C25H30F4N2O4S/c1-15-4-5-17(24(30-15)35-20-10-8-19(9-11-20)25(27,28)29)7-13-23(32)16(2)18-6-12-22(21(26)14-18)31-36(3,33)34/h4-6,12,14,16,19-20,31H,7-11,13H2,1-3H3. The van der Waals surface area contributed by atoms with Gasteiger partial charge in [0.05, 0.1) is 17.9 Å². The van der Waals surface area contributed by atoms with Crippen molar-refractivity contribution in [3.63, 3.8) is 0 Å². The molecule has 0 amide bonds. The summed E-state index contributed by atoms with van der Waals surface area (Å²) < 4.78 is 83.9. The van der Waals surface area contributed by atoms with Gasteiger partial charge in [0.1, 0.15) is 17.7 Å². The Balaban J connectivity index is 1.63. The van der Waals surface area contributed by atoms with Gasteiger partial charge >= 0.3 is 6.18 Å². The fourth-order valence-electron chi connectivity index (χ4n) is 4.26. The maximum Gasteiger partial charge on any atom is 0.391 e. The fourth-order valence-corrected chi connectivity index (χ4v) is 4.83. The SMILES string of the molecule is Cc1ccc(CCC(=O)C(C)c2ccc(NS(C)(=O)=O)c(F)c2)c(OC2CCC(C(F)(F)F)CC2)n1. The normalized spacial score (nSPS) is 19.5. The summed E-state index contributed by atoms with van der Waals surface area (Å²) in [6, 6.07) is 7.48. The molecule has 0 aliphatic heterocycles. The number of anilines is 1. The molecule has 3 rings (SSSR count). The third kappa shape index (κ3) is 7.65. The van der Waals surface area contributed by atoms with Gasteiger partial charge < -0.3 is 4.74 Å². The summed E-state index contributed by atoms with van der Waals surface area (Å²) in [5, 5.41) is 0. The Morgan fingerprint density at radius 3 is 2.42 bits per heavy atom. The van der Waals surface area contributed by atoms with E-state index in [4.69, 9.17) is 4.74 Å². The van der Waals surface area contributed by atoms with E-state index in [0.29, 0.717) is 29.1 Å². The average Bonchev–Trinajstić information content (AvgIpc) is 2.78. The summed E-state index contributed by atoms with van der Waals surface area (Å²) in [7, 11) is -3.64. The largest absolute Gasteiger partial charge is 0.474 e. The molecule has 0 bridgehead atoms. The Bertz CT molecular complexity index is 1190. The number of hydrogen-bond acceptors (Lipinski definition) is 5. The highest BCUT2D eigenvalue weighted by Gasteiger charge is 2.41. The van der Waals surface area contributed by atoms with E-state index in [0.717, 1.165) is 12.3 Å². The number of pyridine rings is 1. The number of nitrogens with one attached hydrogen (secondary N) is 1. The maximum absolute atomic E-state index is 14.3. The zero-order valence-electron chi connectivity index (χ0n) is 20.4. The maximum atomic E-state index is 14.3. The molecule has 1 aromatic heterocycles. The lowest BCUT2D eigenvalue weighted by Crippen LogP contribution is -2.32. The van der Waals surface area contributed by atoms with E-state index in [2.05, 4.69) is 9.71 Å². The van der Waals surface area contributed by atoms with Crippen LogP contribution in [-0.4, -0.2) is 37.7 Å². The first-order valence-electron chi connectivity index (χ1n) is 11.7. The van der Waals surface area contributed by atoms with Gasteiger partial charge in [-0.05, 0) is 62.8 Å². The highest BCUT2D eigenvalue weighted by molar-refractivity contribution is 7.92. The van der Waals surface area contributed by atoms with Gasteiger partial charge in [-0.25, -0.2) is 17.8 Å². The van der Waals surface area contributed by atoms with E-state index in [1.807, 2.05) is 0 Å². The third-order valence-electron chi connectivity index (χ3n) is 6.41. The minimum Gasteiger partial charge on any atom is -0.474 e. The lowest BCUT2D eigenvalue weighted by Gasteiger charge is -2.30. The number of ketones is 1. The molecule has 1 unspecified atom stereocenters. The Hall–Kier alpha value is -2.69. The van der Waals surface area contributed by atoms with Crippen LogP contribution in [0.1, 0.15) is 61.8 Å². The number of sulfonamides is 1. The summed E-state index contributed by atoms with van der Waals surface area (Å²) in [6.07, 6.45) is -2.63. The van der Waals surface area contributed by atoms with Gasteiger partial charge in [-0.2, -0.15) is 13.2 Å². The molecule has 1 heterocycles. The first kappa shape index (κ1) is 27.9. The van der Waals surface area contributed by atoms with E-state index in [1.54, 1.807) is 26.0 Å². The summed E-state index contributed by atoms with van der Waals surface area (Å²) in [6.45, 7) is 3.42. The molecule has 1 aromatic carbocycles. The second-order valence-electron chi connectivity index (χ2n) is 9.35. The van der Waals surface area contributed by atoms with Crippen LogP contribution in [0.5, 0.6) is 5.88 Å². The van der Waals surface area contributed by atoms with Crippen molar-refractivity contribution in [2.24, 2.45) is 5.92 Å². The Morgan fingerprint density at radius 1 is 1.17 bits per heavy atom. The van der Waals surface area contributed by atoms with Gasteiger partial charge in [-0.3, -0.25) is 9.52 Å². The van der Waals surface area contributed by atoms with Crippen LogP contribution < -0.4 is 9.46 Å². The molecular weight excluding hydrogens is 500 g/mol. The number of carbonyl (C=O) groups excluding carboxylic acids is 1. The van der Waals surface area contributed by atoms with Crippen LogP contribution in [0, 0.1) is 18.7 Å². The van der Waals surface area contributed by atoms with Gasteiger partial charge in [0.25, 0.3) is 0 Å². The molecule has 0 radical (unpaired) electrons. The van der Waals surface area contributed by atoms with E-state index in [-0.39, 0.29) is 49.7 Å². The number of ether oxygens (including phenoxy) is 1. The van der Waals surface area contributed by atoms with Crippen LogP contribution >= 0.6 is 0 Å². The minimum absolute atomic E-state index is 0.0143. The molecule has 1 saturated carbocycles. The predicted molar refractivity (Wildman–Crippen MR) is 128 cm³/mol. The monoisotopic (exact) mass is 530 g/mol. The molecule has 1 aliphatic carbocycles. The van der Waals surface area contributed by atoms with Crippen molar-refractivity contribution >= 4 is 21.5 Å². The number of carbonyl (C=O) groups is 1. The van der Waals surface area contributed by atoms with Crippen molar-refractivity contribution in [2.75, 3.05) is 11.0 Å². The van der Waals surface area contributed by atoms with Crippen LogP contribution in [-0.2, 0) is 21.2 Å². The Morgan fingerprint density at radius 2 is 1.83 bits per heavy atom. The molecule has 36 heavy (non-hydrogen) atoms. The molecule has 0 saturated heterocycles. The van der Waals surface area contributed by atoms with Crippen molar-refractivity contribution < 1.29 is 35.5 Å². The predicted octanol–water partition coefficient (Wildman–Crippen LogP) is 5.71. The number of rotatable bonds is 9. The van der Waals surface area contributed by atoms with Gasteiger partial charge in [-0.1, -0.05) is 19.1 Å². The summed E-state index contributed by atoms with van der Waals surface area (Å²) >= 11 is 0. The number of alkyl halides is 3. The van der Waals surface area contributed by atoms with Crippen LogP contribution in [0.2, 0.25) is 0 Å². The smallest absolute Gasteiger partial charge is 0.391 e. The number of aryl methyl sites for hydroxylation is 2. The first-order chi connectivity index (χ1) is 16.7. The van der Waals surface area contributed by atoms with Crippen molar-refractivity contribution in [1.29, 1.82) is 0 Å². The van der Waals surface area contributed by atoms with Gasteiger partial charge in [0.2, 0.25) is 15.9 Å². The number of benzene rings is 1. The summed E-state index contributed by atoms with van der Waals surface area (Å²) in [5.74, 6) is -2.55. The molecule has 198 valence electrons. The lowest BCUT2D eigenvalue weighted by atomic mass is 9.87. The van der Waals surface area contributed by atoms with Gasteiger partial charge in [-0.15, -0.1) is 0 Å². The molecule has 0 spiro atoms. The van der Waals surface area contributed by atoms with E-state index in [1.165, 1.54) is 12.1 Å². The van der Waals surface area contributed by atoms with Crippen LogP contribution in [0.4, 0.5) is 23.2 Å². The number of halogens is 4. The second kappa shape index (κ2) is 11.1. The summed E-state index contributed by atoms with van der Waals surface area (Å²) in [4.78, 5) is 17.2. The van der Waals surface area contributed by atoms with E-state index < -0.39 is 33.9 Å².